The zero-order valence-electron chi connectivity index (χ0n) is 16.3. The zero-order valence-corrected chi connectivity index (χ0v) is 19.4. The zero-order chi connectivity index (χ0) is 21.8. The fourth-order valence-electron chi connectivity index (χ4n) is 3.00. The highest BCUT2D eigenvalue weighted by Crippen LogP contribution is 2.32. The van der Waals surface area contributed by atoms with Gasteiger partial charge in [-0.15, -0.1) is 10.2 Å². The third kappa shape index (κ3) is 5.61. The monoisotopic (exact) mass is 494 g/mol. The van der Waals surface area contributed by atoms with E-state index in [0.29, 0.717) is 39.5 Å². The van der Waals surface area contributed by atoms with Crippen LogP contribution in [0.25, 0.3) is 0 Å². The minimum Gasteiger partial charge on any atom is -0.497 e. The van der Waals surface area contributed by atoms with Crippen molar-refractivity contribution in [3.63, 3.8) is 0 Å². The number of nitrogens with zero attached hydrogens (tertiary/aromatic N) is 3. The standard InChI is InChI=1S/C21H17Cl3N4O2S/c1-29-15-3-2-4-16(9-15)31-21-17(10-19(24)26-27-21)20-25-14(11-30-28-20)7-12-5-6-13(22)8-18(12)23/h2-6,8-10,14H,7,11H2,1H3,(H,25,28)/t14-/m1/s1. The average molecular weight is 496 g/mol. The smallest absolute Gasteiger partial charge is 0.155 e. The van der Waals surface area contributed by atoms with Crippen LogP contribution >= 0.6 is 46.6 Å². The predicted molar refractivity (Wildman–Crippen MR) is 124 cm³/mol. The summed E-state index contributed by atoms with van der Waals surface area (Å²) in [6.07, 6.45) is 0.603. The van der Waals surface area contributed by atoms with Gasteiger partial charge in [0.25, 0.3) is 0 Å². The summed E-state index contributed by atoms with van der Waals surface area (Å²) in [7, 11) is 1.63. The van der Waals surface area contributed by atoms with Crippen molar-refractivity contribution in [2.24, 2.45) is 4.99 Å². The molecule has 0 bridgehead atoms. The molecule has 10 heteroatoms. The number of nitrogens with one attached hydrogen (secondary N) is 1. The van der Waals surface area contributed by atoms with E-state index in [1.54, 1.807) is 19.2 Å². The van der Waals surface area contributed by atoms with Gasteiger partial charge in [-0.05, 0) is 48.4 Å². The molecule has 4 rings (SSSR count). The molecule has 0 radical (unpaired) electrons. The Bertz CT molecular complexity index is 1130. The molecule has 1 atom stereocenters. The molecule has 0 fully saturated rings. The first kappa shape index (κ1) is 22.2. The maximum Gasteiger partial charge on any atom is 0.155 e. The van der Waals surface area contributed by atoms with Crippen molar-refractivity contribution in [3.8, 4) is 5.75 Å². The van der Waals surface area contributed by atoms with E-state index >= 15 is 0 Å². The van der Waals surface area contributed by atoms with Gasteiger partial charge in [0, 0.05) is 14.9 Å². The quantitative estimate of drug-likeness (QED) is 0.488. The largest absolute Gasteiger partial charge is 0.497 e. The second-order valence-electron chi connectivity index (χ2n) is 6.65. The molecule has 1 aliphatic heterocycles. The van der Waals surface area contributed by atoms with E-state index in [1.165, 1.54) is 11.8 Å². The predicted octanol–water partition coefficient (Wildman–Crippen LogP) is 5.49. The molecule has 1 N–H and O–H groups in total. The molecular formula is C21H17Cl3N4O2S. The van der Waals surface area contributed by atoms with E-state index in [9.17, 15) is 0 Å². The molecule has 31 heavy (non-hydrogen) atoms. The minimum absolute atomic E-state index is 0.142. The first-order valence-corrected chi connectivity index (χ1v) is 11.2. The van der Waals surface area contributed by atoms with Crippen LogP contribution in [0.15, 0.2) is 63.4 Å². The molecule has 2 aromatic carbocycles. The van der Waals surface area contributed by atoms with Crippen LogP contribution in [0.4, 0.5) is 0 Å². The lowest BCUT2D eigenvalue weighted by Gasteiger charge is -2.23. The Morgan fingerprint density at radius 1 is 1.13 bits per heavy atom. The van der Waals surface area contributed by atoms with Crippen LogP contribution in [-0.2, 0) is 11.3 Å². The van der Waals surface area contributed by atoms with Crippen molar-refractivity contribution in [2.75, 3.05) is 13.7 Å². The number of benzene rings is 2. The number of methoxy groups -OCH3 is 1. The van der Waals surface area contributed by atoms with Gasteiger partial charge in [-0.25, -0.2) is 5.48 Å². The molecule has 0 aliphatic carbocycles. The Kier molecular flexibility index (Phi) is 7.20. The summed E-state index contributed by atoms with van der Waals surface area (Å²) in [5, 5.41) is 10.3. The molecule has 160 valence electrons. The fourth-order valence-corrected chi connectivity index (χ4v) is 4.53. The Labute approximate surface area is 198 Å². The third-order valence-electron chi connectivity index (χ3n) is 4.47. The Balaban J connectivity index is 1.62. The molecule has 1 aliphatic rings. The van der Waals surface area contributed by atoms with E-state index in [0.717, 1.165) is 16.2 Å². The van der Waals surface area contributed by atoms with E-state index in [1.807, 2.05) is 36.4 Å². The van der Waals surface area contributed by atoms with Crippen molar-refractivity contribution < 1.29 is 9.57 Å². The first-order valence-electron chi connectivity index (χ1n) is 9.27. The van der Waals surface area contributed by atoms with Gasteiger partial charge >= 0.3 is 0 Å². The summed E-state index contributed by atoms with van der Waals surface area (Å²) in [6.45, 7) is 0.396. The van der Waals surface area contributed by atoms with Gasteiger partial charge in [-0.1, -0.05) is 58.7 Å². The van der Waals surface area contributed by atoms with E-state index in [2.05, 4.69) is 15.7 Å². The van der Waals surface area contributed by atoms with E-state index in [-0.39, 0.29) is 11.2 Å². The summed E-state index contributed by atoms with van der Waals surface area (Å²) in [5.41, 5.74) is 4.52. The van der Waals surface area contributed by atoms with Crippen LogP contribution in [0.2, 0.25) is 15.2 Å². The van der Waals surface area contributed by atoms with Crippen LogP contribution in [0.5, 0.6) is 5.75 Å². The second kappa shape index (κ2) is 10.1. The molecule has 0 unspecified atom stereocenters. The first-order chi connectivity index (χ1) is 15.0. The van der Waals surface area contributed by atoms with Crippen LogP contribution in [0, 0.1) is 0 Å². The van der Waals surface area contributed by atoms with Gasteiger partial charge in [-0.2, -0.15) is 0 Å². The third-order valence-corrected chi connectivity index (χ3v) is 6.22. The lowest BCUT2D eigenvalue weighted by Crippen LogP contribution is -2.37. The topological polar surface area (TPSA) is 68.6 Å². The molecule has 0 saturated carbocycles. The van der Waals surface area contributed by atoms with Crippen LogP contribution in [-0.4, -0.2) is 35.8 Å². The second-order valence-corrected chi connectivity index (χ2v) is 8.94. The van der Waals surface area contributed by atoms with Crippen molar-refractivity contribution in [1.82, 2.24) is 15.7 Å². The Morgan fingerprint density at radius 3 is 2.81 bits per heavy atom. The SMILES string of the molecule is COc1cccc(Sc2nnc(Cl)cc2C2=N[C@H](Cc3ccc(Cl)cc3Cl)CON2)c1. The molecule has 0 saturated heterocycles. The number of hydroxylamine groups is 1. The Hall–Kier alpha value is -2.03. The minimum atomic E-state index is -0.142. The molecule has 2 heterocycles. The summed E-state index contributed by atoms with van der Waals surface area (Å²) in [5.74, 6) is 1.29. The van der Waals surface area contributed by atoms with E-state index in [4.69, 9.17) is 49.4 Å². The van der Waals surface area contributed by atoms with Gasteiger partial charge in [0.2, 0.25) is 0 Å². The number of aliphatic imine (C=N–C) groups is 1. The highest BCUT2D eigenvalue weighted by atomic mass is 35.5. The van der Waals surface area contributed by atoms with Crippen LogP contribution in [0.1, 0.15) is 11.1 Å². The maximum absolute atomic E-state index is 6.32. The highest BCUT2D eigenvalue weighted by Gasteiger charge is 2.22. The molecule has 0 amide bonds. The van der Waals surface area contributed by atoms with Crippen molar-refractivity contribution in [2.45, 2.75) is 22.4 Å². The summed E-state index contributed by atoms with van der Waals surface area (Å²) in [4.78, 5) is 11.4. The highest BCUT2D eigenvalue weighted by molar-refractivity contribution is 7.99. The van der Waals surface area contributed by atoms with Gasteiger partial charge in [0.05, 0.1) is 25.3 Å². The van der Waals surface area contributed by atoms with Gasteiger partial charge in [0.1, 0.15) is 10.8 Å². The number of amidine groups is 1. The maximum atomic E-state index is 6.32. The van der Waals surface area contributed by atoms with Crippen LogP contribution < -0.4 is 10.2 Å². The summed E-state index contributed by atoms with van der Waals surface area (Å²) in [6, 6.07) is 14.7. The van der Waals surface area contributed by atoms with Crippen molar-refractivity contribution in [3.05, 3.63) is 74.9 Å². The lowest BCUT2D eigenvalue weighted by atomic mass is 10.1. The average Bonchev–Trinajstić information content (AvgIpc) is 2.77. The number of hydrogen-bond donors (Lipinski definition) is 1. The molecule has 6 nitrogen and oxygen atoms in total. The number of halogens is 3. The fraction of sp³-hybridized carbons (Fsp3) is 0.190. The van der Waals surface area contributed by atoms with Gasteiger partial charge in [-0.3, -0.25) is 9.83 Å². The molecular weight excluding hydrogens is 479 g/mol. The van der Waals surface area contributed by atoms with Crippen LogP contribution in [0.3, 0.4) is 0 Å². The Morgan fingerprint density at radius 2 is 2.00 bits per heavy atom. The molecule has 0 spiro atoms. The molecule has 3 aromatic rings. The van der Waals surface area contributed by atoms with Gasteiger partial charge < -0.3 is 4.74 Å². The lowest BCUT2D eigenvalue weighted by molar-refractivity contribution is 0.0623. The number of rotatable bonds is 6. The van der Waals surface area contributed by atoms with Crippen molar-refractivity contribution in [1.29, 1.82) is 0 Å². The normalized spacial score (nSPS) is 15.9. The van der Waals surface area contributed by atoms with Gasteiger partial charge in [0.15, 0.2) is 11.0 Å². The van der Waals surface area contributed by atoms with Crippen molar-refractivity contribution >= 4 is 52.4 Å². The summed E-state index contributed by atoms with van der Waals surface area (Å²) >= 11 is 19.9. The summed E-state index contributed by atoms with van der Waals surface area (Å²) < 4.78 is 5.30. The number of aromatic nitrogens is 2. The molecule has 1 aromatic heterocycles. The number of hydrogen-bond acceptors (Lipinski definition) is 7. The number of ether oxygens (including phenoxy) is 1. The van der Waals surface area contributed by atoms with E-state index < -0.39 is 0 Å².